The lowest BCUT2D eigenvalue weighted by atomic mass is 9.93. The summed E-state index contributed by atoms with van der Waals surface area (Å²) in [6, 6.07) is 3.14. The molecule has 142 valence electrons. The number of hydrogen-bond donors (Lipinski definition) is 2. The van der Waals surface area contributed by atoms with Crippen molar-refractivity contribution in [3.05, 3.63) is 22.4 Å². The Morgan fingerprint density at radius 1 is 1.35 bits per heavy atom. The highest BCUT2D eigenvalue weighted by Crippen LogP contribution is 2.24. The van der Waals surface area contributed by atoms with Crippen LogP contribution in [0.25, 0.3) is 0 Å². The first-order valence-electron chi connectivity index (χ1n) is 8.46. The molecule has 1 aromatic heterocycles. The molecule has 4 amide bonds. The SMILES string of the molecule is CCC1(CC)NC(=O)N(CC(=O)O[C@H](C)C(=O)NCc2cccs2)C1=O. The van der Waals surface area contributed by atoms with Gasteiger partial charge in [0, 0.05) is 4.88 Å². The number of carbonyl (C=O) groups excluding carboxylic acids is 4. The molecule has 0 unspecified atom stereocenters. The lowest BCUT2D eigenvalue weighted by Crippen LogP contribution is -2.46. The van der Waals surface area contributed by atoms with Crippen LogP contribution in [-0.2, 0) is 25.7 Å². The van der Waals surface area contributed by atoms with E-state index in [9.17, 15) is 19.2 Å². The highest BCUT2D eigenvalue weighted by molar-refractivity contribution is 7.09. The third-order valence-electron chi connectivity index (χ3n) is 4.43. The van der Waals surface area contributed by atoms with Gasteiger partial charge in [0.2, 0.25) is 0 Å². The van der Waals surface area contributed by atoms with Crippen LogP contribution in [0.5, 0.6) is 0 Å². The number of urea groups is 1. The van der Waals surface area contributed by atoms with E-state index in [-0.39, 0.29) is 0 Å². The monoisotopic (exact) mass is 381 g/mol. The number of nitrogens with zero attached hydrogens (tertiary/aromatic N) is 1. The van der Waals surface area contributed by atoms with Crippen molar-refractivity contribution in [2.75, 3.05) is 6.54 Å². The number of nitrogens with one attached hydrogen (secondary N) is 2. The smallest absolute Gasteiger partial charge is 0.327 e. The maximum Gasteiger partial charge on any atom is 0.327 e. The zero-order chi connectivity index (χ0) is 19.3. The maximum atomic E-state index is 12.4. The minimum atomic E-state index is -1.02. The van der Waals surface area contributed by atoms with Gasteiger partial charge in [0.05, 0.1) is 6.54 Å². The zero-order valence-corrected chi connectivity index (χ0v) is 15.9. The van der Waals surface area contributed by atoms with Gasteiger partial charge in [-0.1, -0.05) is 19.9 Å². The number of esters is 1. The topological polar surface area (TPSA) is 105 Å². The molecule has 2 N–H and O–H groups in total. The number of hydrogen-bond acceptors (Lipinski definition) is 6. The Morgan fingerprint density at radius 2 is 2.04 bits per heavy atom. The van der Waals surface area contributed by atoms with Gasteiger partial charge in [0.25, 0.3) is 11.8 Å². The molecule has 0 saturated carbocycles. The van der Waals surface area contributed by atoms with Crippen molar-refractivity contribution in [1.29, 1.82) is 0 Å². The van der Waals surface area contributed by atoms with Crippen LogP contribution in [0.2, 0.25) is 0 Å². The van der Waals surface area contributed by atoms with Crippen molar-refractivity contribution in [2.45, 2.75) is 51.8 Å². The summed E-state index contributed by atoms with van der Waals surface area (Å²) < 4.78 is 5.05. The molecule has 1 atom stereocenters. The predicted octanol–water partition coefficient (Wildman–Crippen LogP) is 1.41. The summed E-state index contributed by atoms with van der Waals surface area (Å²) in [5, 5.41) is 7.20. The molecule has 0 bridgehead atoms. The van der Waals surface area contributed by atoms with Crippen molar-refractivity contribution in [3.63, 3.8) is 0 Å². The normalized spacial score (nSPS) is 17.0. The van der Waals surface area contributed by atoms with E-state index in [1.54, 1.807) is 13.8 Å². The van der Waals surface area contributed by atoms with E-state index in [0.717, 1.165) is 9.78 Å². The third-order valence-corrected chi connectivity index (χ3v) is 5.31. The van der Waals surface area contributed by atoms with Crippen molar-refractivity contribution < 1.29 is 23.9 Å². The second-order valence-corrected chi connectivity index (χ2v) is 7.07. The summed E-state index contributed by atoms with van der Waals surface area (Å²) in [6.45, 7) is 4.86. The molecule has 8 nitrogen and oxygen atoms in total. The van der Waals surface area contributed by atoms with Gasteiger partial charge in [0.15, 0.2) is 6.10 Å². The fourth-order valence-electron chi connectivity index (χ4n) is 2.70. The van der Waals surface area contributed by atoms with E-state index >= 15 is 0 Å². The highest BCUT2D eigenvalue weighted by Gasteiger charge is 2.49. The fourth-order valence-corrected chi connectivity index (χ4v) is 3.34. The van der Waals surface area contributed by atoms with Crippen LogP contribution in [0.3, 0.4) is 0 Å². The predicted molar refractivity (Wildman–Crippen MR) is 95.3 cm³/mol. The standard InChI is InChI=1S/C17H23N3O5S/c1-4-17(5-2)15(23)20(16(24)19-17)10-13(21)25-11(3)14(22)18-9-12-7-6-8-26-12/h6-8,11H,4-5,9-10H2,1-3H3,(H,18,22)(H,19,24)/t11-/m1/s1. The molecule has 0 radical (unpaired) electrons. The Labute approximate surface area is 155 Å². The van der Waals surface area contributed by atoms with E-state index in [2.05, 4.69) is 10.6 Å². The summed E-state index contributed by atoms with van der Waals surface area (Å²) in [6.07, 6.45) is -0.159. The number of amides is 4. The maximum absolute atomic E-state index is 12.4. The number of imide groups is 1. The number of ether oxygens (including phenoxy) is 1. The average Bonchev–Trinajstić information content (AvgIpc) is 3.22. The van der Waals surface area contributed by atoms with Gasteiger partial charge in [-0.3, -0.25) is 19.3 Å². The molecule has 26 heavy (non-hydrogen) atoms. The highest BCUT2D eigenvalue weighted by atomic mass is 32.1. The molecule has 1 aliphatic heterocycles. The summed E-state index contributed by atoms with van der Waals surface area (Å²) in [5.41, 5.74) is -0.971. The van der Waals surface area contributed by atoms with Gasteiger partial charge in [-0.2, -0.15) is 0 Å². The van der Waals surface area contributed by atoms with Crippen LogP contribution in [0.15, 0.2) is 17.5 Å². The van der Waals surface area contributed by atoms with Crippen LogP contribution in [0, 0.1) is 0 Å². The Hall–Kier alpha value is -2.42. The number of carbonyl (C=O) groups is 4. The van der Waals surface area contributed by atoms with Crippen molar-refractivity contribution in [3.8, 4) is 0 Å². The Bertz CT molecular complexity index is 685. The first kappa shape index (κ1) is 19.9. The second-order valence-electron chi connectivity index (χ2n) is 6.04. The first-order chi connectivity index (χ1) is 12.3. The lowest BCUT2D eigenvalue weighted by Gasteiger charge is -2.23. The van der Waals surface area contributed by atoms with Gasteiger partial charge in [-0.05, 0) is 31.2 Å². The van der Waals surface area contributed by atoms with Crippen LogP contribution >= 0.6 is 11.3 Å². The Balaban J connectivity index is 1.86. The molecule has 2 heterocycles. The van der Waals surface area contributed by atoms with Crippen molar-refractivity contribution in [2.24, 2.45) is 0 Å². The van der Waals surface area contributed by atoms with Crippen LogP contribution < -0.4 is 10.6 Å². The molecule has 1 aromatic rings. The molecular formula is C17H23N3O5S. The molecular weight excluding hydrogens is 358 g/mol. The first-order valence-corrected chi connectivity index (χ1v) is 9.34. The summed E-state index contributed by atoms with van der Waals surface area (Å²) in [7, 11) is 0. The average molecular weight is 381 g/mol. The molecule has 0 spiro atoms. The van der Waals surface area contributed by atoms with Crippen molar-refractivity contribution in [1.82, 2.24) is 15.5 Å². The fraction of sp³-hybridized carbons (Fsp3) is 0.529. The van der Waals surface area contributed by atoms with Crippen LogP contribution in [-0.4, -0.2) is 46.9 Å². The van der Waals surface area contributed by atoms with Gasteiger partial charge >= 0.3 is 12.0 Å². The molecule has 1 saturated heterocycles. The largest absolute Gasteiger partial charge is 0.451 e. The Kier molecular flexibility index (Phi) is 6.36. The van der Waals surface area contributed by atoms with Crippen molar-refractivity contribution >= 4 is 35.2 Å². The minimum absolute atomic E-state index is 0.348. The second kappa shape index (κ2) is 8.31. The molecule has 1 aliphatic rings. The van der Waals surface area contributed by atoms with E-state index in [4.69, 9.17) is 4.74 Å². The van der Waals surface area contributed by atoms with E-state index in [1.807, 2.05) is 17.5 Å². The van der Waals surface area contributed by atoms with Gasteiger partial charge in [-0.25, -0.2) is 4.79 Å². The van der Waals surface area contributed by atoms with Gasteiger partial charge < -0.3 is 15.4 Å². The van der Waals surface area contributed by atoms with E-state index in [0.29, 0.717) is 19.4 Å². The Morgan fingerprint density at radius 3 is 2.58 bits per heavy atom. The van der Waals surface area contributed by atoms with Crippen LogP contribution in [0.1, 0.15) is 38.5 Å². The van der Waals surface area contributed by atoms with Gasteiger partial charge in [0.1, 0.15) is 12.1 Å². The summed E-state index contributed by atoms with van der Waals surface area (Å²) in [4.78, 5) is 50.3. The quantitative estimate of drug-likeness (QED) is 0.523. The van der Waals surface area contributed by atoms with E-state index < -0.39 is 42.0 Å². The molecule has 0 aromatic carbocycles. The lowest BCUT2D eigenvalue weighted by molar-refractivity contribution is -0.156. The van der Waals surface area contributed by atoms with Gasteiger partial charge in [-0.15, -0.1) is 11.3 Å². The molecule has 0 aliphatic carbocycles. The molecule has 2 rings (SSSR count). The third kappa shape index (κ3) is 4.21. The van der Waals surface area contributed by atoms with E-state index in [1.165, 1.54) is 18.3 Å². The zero-order valence-electron chi connectivity index (χ0n) is 15.0. The molecule has 9 heteroatoms. The number of thiophene rings is 1. The molecule has 1 fully saturated rings. The summed E-state index contributed by atoms with van der Waals surface area (Å²) in [5.74, 6) is -1.70. The summed E-state index contributed by atoms with van der Waals surface area (Å²) >= 11 is 1.51. The minimum Gasteiger partial charge on any atom is -0.451 e. The van der Waals surface area contributed by atoms with Crippen LogP contribution in [0.4, 0.5) is 4.79 Å². The number of rotatable bonds is 8.